The highest BCUT2D eigenvalue weighted by molar-refractivity contribution is 6.31. The second kappa shape index (κ2) is 8.39. The van der Waals surface area contributed by atoms with Crippen molar-refractivity contribution in [3.05, 3.63) is 70.9 Å². The van der Waals surface area contributed by atoms with Gasteiger partial charge in [0.25, 0.3) is 5.91 Å². The van der Waals surface area contributed by atoms with Crippen LogP contribution in [0.4, 0.5) is 0 Å². The maximum absolute atomic E-state index is 12.1. The second-order valence-corrected chi connectivity index (χ2v) is 6.93. The minimum absolute atomic E-state index is 0.0596. The van der Waals surface area contributed by atoms with Gasteiger partial charge in [-0.05, 0) is 37.1 Å². The van der Waals surface area contributed by atoms with E-state index in [1.165, 1.54) is 10.9 Å². The van der Waals surface area contributed by atoms with Gasteiger partial charge in [-0.25, -0.2) is 0 Å². The number of rotatable bonds is 7. The van der Waals surface area contributed by atoms with E-state index in [-0.39, 0.29) is 17.9 Å². The molecule has 5 heteroatoms. The number of benzene rings is 2. The Labute approximate surface area is 158 Å². The lowest BCUT2D eigenvalue weighted by Gasteiger charge is -2.19. The SMILES string of the molecule is CCNC(=O)[C@@H](C)[NH2+]C[C@H](c1ccccc1Cl)c1c[nH]c2ccccc12. The largest absolute Gasteiger partial charge is 0.361 e. The molecule has 3 rings (SSSR count). The summed E-state index contributed by atoms with van der Waals surface area (Å²) >= 11 is 6.51. The number of carbonyl (C=O) groups excluding carboxylic acids is 1. The highest BCUT2D eigenvalue weighted by Gasteiger charge is 2.24. The molecule has 136 valence electrons. The van der Waals surface area contributed by atoms with Crippen molar-refractivity contribution in [1.82, 2.24) is 10.3 Å². The van der Waals surface area contributed by atoms with Gasteiger partial charge in [-0.2, -0.15) is 0 Å². The molecule has 0 saturated carbocycles. The highest BCUT2D eigenvalue weighted by Crippen LogP contribution is 2.33. The maximum Gasteiger partial charge on any atom is 0.277 e. The maximum atomic E-state index is 12.1. The number of nitrogens with two attached hydrogens (primary N) is 1. The standard InChI is InChI=1S/C21H24ClN3O/c1-3-23-21(26)14(2)24-12-17(15-8-4-6-10-19(15)22)18-13-25-20-11-7-5-9-16(18)20/h4-11,13-14,17,24-25H,3,12H2,1-2H3,(H,23,26)/p+1/t14-,17-/m1/s1. The van der Waals surface area contributed by atoms with E-state index in [0.29, 0.717) is 6.54 Å². The number of nitrogens with one attached hydrogen (secondary N) is 2. The van der Waals surface area contributed by atoms with E-state index in [1.807, 2.05) is 44.2 Å². The molecule has 2 atom stereocenters. The van der Waals surface area contributed by atoms with Crippen molar-refractivity contribution in [2.24, 2.45) is 0 Å². The summed E-state index contributed by atoms with van der Waals surface area (Å²) in [6, 6.07) is 16.1. The van der Waals surface area contributed by atoms with Gasteiger partial charge >= 0.3 is 0 Å². The van der Waals surface area contributed by atoms with Gasteiger partial charge in [0.2, 0.25) is 0 Å². The zero-order chi connectivity index (χ0) is 18.5. The van der Waals surface area contributed by atoms with Crippen LogP contribution in [0.25, 0.3) is 10.9 Å². The summed E-state index contributed by atoms with van der Waals surface area (Å²) in [5.41, 5.74) is 3.39. The first-order valence-electron chi connectivity index (χ1n) is 9.03. The number of likely N-dealkylation sites (N-methyl/N-ethyl adjacent to an activating group) is 1. The van der Waals surface area contributed by atoms with Gasteiger partial charge < -0.3 is 15.6 Å². The predicted molar refractivity (Wildman–Crippen MR) is 107 cm³/mol. The zero-order valence-corrected chi connectivity index (χ0v) is 15.9. The van der Waals surface area contributed by atoms with Crippen LogP contribution in [-0.2, 0) is 4.79 Å². The minimum atomic E-state index is -0.148. The zero-order valence-electron chi connectivity index (χ0n) is 15.1. The fourth-order valence-corrected chi connectivity index (χ4v) is 3.61. The average Bonchev–Trinajstić information content (AvgIpc) is 3.07. The lowest BCUT2D eigenvalue weighted by Crippen LogP contribution is -2.92. The third-order valence-corrected chi connectivity index (χ3v) is 5.11. The van der Waals surface area contributed by atoms with Crippen LogP contribution >= 0.6 is 11.6 Å². The minimum Gasteiger partial charge on any atom is -0.361 e. The number of aromatic nitrogens is 1. The summed E-state index contributed by atoms with van der Waals surface area (Å²) in [6.45, 7) is 5.25. The highest BCUT2D eigenvalue weighted by atomic mass is 35.5. The molecule has 4 nitrogen and oxygen atoms in total. The average molecular weight is 371 g/mol. The number of aromatic amines is 1. The molecule has 0 aliphatic rings. The van der Waals surface area contributed by atoms with Crippen molar-refractivity contribution in [3.63, 3.8) is 0 Å². The number of carbonyl (C=O) groups is 1. The Bertz CT molecular complexity index is 890. The topological polar surface area (TPSA) is 61.5 Å². The van der Waals surface area contributed by atoms with Gasteiger partial charge in [0, 0.05) is 28.7 Å². The predicted octanol–water partition coefficient (Wildman–Crippen LogP) is 3.04. The molecule has 26 heavy (non-hydrogen) atoms. The van der Waals surface area contributed by atoms with Crippen LogP contribution in [0.2, 0.25) is 5.02 Å². The third kappa shape index (κ3) is 3.92. The van der Waals surface area contributed by atoms with Crippen LogP contribution in [0.5, 0.6) is 0 Å². The molecule has 0 radical (unpaired) electrons. The molecule has 0 saturated heterocycles. The lowest BCUT2D eigenvalue weighted by molar-refractivity contribution is -0.674. The van der Waals surface area contributed by atoms with Crippen molar-refractivity contribution in [3.8, 4) is 0 Å². The number of halogens is 1. The van der Waals surface area contributed by atoms with Gasteiger partial charge in [0.1, 0.15) is 0 Å². The van der Waals surface area contributed by atoms with Crippen molar-refractivity contribution < 1.29 is 10.1 Å². The Morgan fingerprint density at radius 3 is 2.65 bits per heavy atom. The van der Waals surface area contributed by atoms with Crippen LogP contribution in [0.15, 0.2) is 54.7 Å². The number of fused-ring (bicyclic) bond motifs is 1. The van der Waals surface area contributed by atoms with E-state index in [9.17, 15) is 4.79 Å². The number of hydrogen-bond donors (Lipinski definition) is 3. The van der Waals surface area contributed by atoms with Gasteiger partial charge in [-0.1, -0.05) is 48.0 Å². The van der Waals surface area contributed by atoms with Crippen LogP contribution in [-0.4, -0.2) is 30.0 Å². The smallest absolute Gasteiger partial charge is 0.277 e. The number of quaternary nitrogens is 1. The molecule has 0 spiro atoms. The first kappa shape index (κ1) is 18.5. The second-order valence-electron chi connectivity index (χ2n) is 6.52. The molecule has 1 heterocycles. The summed E-state index contributed by atoms with van der Waals surface area (Å²) in [5.74, 6) is 0.154. The van der Waals surface area contributed by atoms with E-state index >= 15 is 0 Å². The first-order chi connectivity index (χ1) is 12.6. The molecule has 0 aliphatic carbocycles. The monoisotopic (exact) mass is 370 g/mol. The Hall–Kier alpha value is -2.30. The molecule has 1 amide bonds. The molecule has 0 unspecified atom stereocenters. The van der Waals surface area contributed by atoms with Crippen molar-refractivity contribution in [2.45, 2.75) is 25.8 Å². The normalized spacial score (nSPS) is 13.5. The molecule has 0 bridgehead atoms. The number of para-hydroxylation sites is 1. The Morgan fingerprint density at radius 2 is 1.88 bits per heavy atom. The van der Waals surface area contributed by atoms with Crippen LogP contribution in [0.1, 0.15) is 30.9 Å². The summed E-state index contributed by atoms with van der Waals surface area (Å²) in [7, 11) is 0. The fraction of sp³-hybridized carbons (Fsp3) is 0.286. The molecule has 4 N–H and O–H groups in total. The van der Waals surface area contributed by atoms with Crippen LogP contribution < -0.4 is 10.6 Å². The fourth-order valence-electron chi connectivity index (χ4n) is 3.34. The van der Waals surface area contributed by atoms with Crippen molar-refractivity contribution in [1.29, 1.82) is 0 Å². The van der Waals surface area contributed by atoms with Crippen molar-refractivity contribution >= 4 is 28.4 Å². The molecule has 0 aliphatic heterocycles. The van der Waals surface area contributed by atoms with E-state index in [4.69, 9.17) is 11.6 Å². The third-order valence-electron chi connectivity index (χ3n) is 4.77. The van der Waals surface area contributed by atoms with Gasteiger partial charge in [-0.3, -0.25) is 4.79 Å². The van der Waals surface area contributed by atoms with Gasteiger partial charge in [-0.15, -0.1) is 0 Å². The van der Waals surface area contributed by atoms with E-state index in [2.05, 4.69) is 40.0 Å². The van der Waals surface area contributed by atoms with E-state index in [1.54, 1.807) is 0 Å². The number of hydrogen-bond acceptors (Lipinski definition) is 1. The molecular formula is C21H25ClN3O+. The summed E-state index contributed by atoms with van der Waals surface area (Å²) in [6.07, 6.45) is 2.06. The number of H-pyrrole nitrogens is 1. The van der Waals surface area contributed by atoms with Gasteiger partial charge in [0.15, 0.2) is 6.04 Å². The molecule has 3 aromatic rings. The number of amides is 1. The molecular weight excluding hydrogens is 346 g/mol. The first-order valence-corrected chi connectivity index (χ1v) is 9.41. The van der Waals surface area contributed by atoms with E-state index in [0.717, 1.165) is 22.6 Å². The Kier molecular flexibility index (Phi) is 5.96. The molecule has 1 aromatic heterocycles. The summed E-state index contributed by atoms with van der Waals surface area (Å²) in [5, 5.41) is 6.91. The molecule has 0 fully saturated rings. The Balaban J connectivity index is 1.93. The Morgan fingerprint density at radius 1 is 1.15 bits per heavy atom. The van der Waals surface area contributed by atoms with Crippen molar-refractivity contribution in [2.75, 3.05) is 13.1 Å². The van der Waals surface area contributed by atoms with Crippen LogP contribution in [0.3, 0.4) is 0 Å². The van der Waals surface area contributed by atoms with Gasteiger partial charge in [0.05, 0.1) is 12.5 Å². The quantitative estimate of drug-likeness (QED) is 0.588. The lowest BCUT2D eigenvalue weighted by atomic mass is 9.90. The molecule has 2 aromatic carbocycles. The van der Waals surface area contributed by atoms with Crippen LogP contribution in [0, 0.1) is 0 Å². The van der Waals surface area contributed by atoms with E-state index < -0.39 is 0 Å². The summed E-state index contributed by atoms with van der Waals surface area (Å²) < 4.78 is 0. The summed E-state index contributed by atoms with van der Waals surface area (Å²) in [4.78, 5) is 15.4.